The number of rotatable bonds is 9. The first-order valence-corrected chi connectivity index (χ1v) is 10.5. The Bertz CT molecular complexity index is 620. The van der Waals surface area contributed by atoms with E-state index in [4.69, 9.17) is 9.47 Å². The molecule has 0 saturated carbocycles. The highest BCUT2D eigenvalue weighted by molar-refractivity contribution is 5.68. The molecule has 5 heteroatoms. The Morgan fingerprint density at radius 1 is 1.26 bits per heavy atom. The fourth-order valence-electron chi connectivity index (χ4n) is 4.34. The summed E-state index contributed by atoms with van der Waals surface area (Å²) < 4.78 is 10.5. The standard InChI is InChI=1S/C22H34N2O3/c1-3-11-23(12-4-5-13-24-14-6-15-27-22(24)25)20-9-7-18-8-10-21(26-2)17-19(18)16-20/h8,10,17,20H,3-7,9,11-16H2,1-2H3. The summed E-state index contributed by atoms with van der Waals surface area (Å²) in [6.45, 7) is 6.77. The lowest BCUT2D eigenvalue weighted by Crippen LogP contribution is -2.41. The van der Waals surface area contributed by atoms with Crippen LogP contribution in [0.15, 0.2) is 18.2 Å². The molecular formula is C22H34N2O3. The van der Waals surface area contributed by atoms with Crippen LogP contribution >= 0.6 is 0 Å². The second kappa shape index (κ2) is 9.98. The Labute approximate surface area is 163 Å². The van der Waals surface area contributed by atoms with Crippen LogP contribution in [0.1, 0.15) is 50.2 Å². The monoisotopic (exact) mass is 374 g/mol. The van der Waals surface area contributed by atoms with E-state index in [1.807, 2.05) is 4.90 Å². The van der Waals surface area contributed by atoms with Gasteiger partial charge in [-0.1, -0.05) is 13.0 Å². The summed E-state index contributed by atoms with van der Waals surface area (Å²) >= 11 is 0. The van der Waals surface area contributed by atoms with Crippen LogP contribution in [0.3, 0.4) is 0 Å². The molecule has 1 aromatic rings. The molecule has 1 atom stereocenters. The van der Waals surface area contributed by atoms with E-state index in [-0.39, 0.29) is 6.09 Å². The number of amides is 1. The van der Waals surface area contributed by atoms with E-state index >= 15 is 0 Å². The maximum Gasteiger partial charge on any atom is 0.409 e. The highest BCUT2D eigenvalue weighted by Crippen LogP contribution is 2.28. The van der Waals surface area contributed by atoms with E-state index in [1.165, 1.54) is 24.0 Å². The van der Waals surface area contributed by atoms with E-state index in [0.717, 1.165) is 64.0 Å². The number of aryl methyl sites for hydroxylation is 1. The number of hydrogen-bond donors (Lipinski definition) is 0. The first-order chi connectivity index (χ1) is 13.2. The second-order valence-electron chi connectivity index (χ2n) is 7.73. The molecule has 1 fully saturated rings. The second-order valence-corrected chi connectivity index (χ2v) is 7.73. The van der Waals surface area contributed by atoms with Crippen molar-refractivity contribution >= 4 is 6.09 Å². The summed E-state index contributed by atoms with van der Waals surface area (Å²) in [6.07, 6.45) is 7.69. The third-order valence-electron chi connectivity index (χ3n) is 5.82. The van der Waals surface area contributed by atoms with Crippen molar-refractivity contribution in [2.24, 2.45) is 0 Å². The van der Waals surface area contributed by atoms with E-state index in [0.29, 0.717) is 12.6 Å². The van der Waals surface area contributed by atoms with Crippen LogP contribution in [0.25, 0.3) is 0 Å². The summed E-state index contributed by atoms with van der Waals surface area (Å²) in [7, 11) is 1.74. The number of carbonyl (C=O) groups excluding carboxylic acids is 1. The van der Waals surface area contributed by atoms with Crippen molar-refractivity contribution in [2.75, 3.05) is 39.9 Å². The highest BCUT2D eigenvalue weighted by Gasteiger charge is 2.24. The number of methoxy groups -OCH3 is 1. The van der Waals surface area contributed by atoms with Crippen LogP contribution in [0.5, 0.6) is 5.75 Å². The highest BCUT2D eigenvalue weighted by atomic mass is 16.6. The largest absolute Gasteiger partial charge is 0.497 e. The number of benzene rings is 1. The van der Waals surface area contributed by atoms with E-state index in [9.17, 15) is 4.79 Å². The molecule has 150 valence electrons. The number of carbonyl (C=O) groups is 1. The Balaban J connectivity index is 1.50. The van der Waals surface area contributed by atoms with Gasteiger partial charge in [0.2, 0.25) is 0 Å². The molecule has 3 rings (SSSR count). The first-order valence-electron chi connectivity index (χ1n) is 10.5. The van der Waals surface area contributed by atoms with Gasteiger partial charge in [0.25, 0.3) is 0 Å². The van der Waals surface area contributed by atoms with Gasteiger partial charge < -0.3 is 19.3 Å². The van der Waals surface area contributed by atoms with Gasteiger partial charge in [0.05, 0.1) is 13.7 Å². The van der Waals surface area contributed by atoms with E-state index in [1.54, 1.807) is 7.11 Å². The number of hydrogen-bond acceptors (Lipinski definition) is 4. The van der Waals surface area contributed by atoms with Gasteiger partial charge in [-0.05, 0) is 81.3 Å². The zero-order valence-corrected chi connectivity index (χ0v) is 16.9. The fourth-order valence-corrected chi connectivity index (χ4v) is 4.34. The van der Waals surface area contributed by atoms with E-state index in [2.05, 4.69) is 30.0 Å². The molecular weight excluding hydrogens is 340 g/mol. The smallest absolute Gasteiger partial charge is 0.409 e. The summed E-state index contributed by atoms with van der Waals surface area (Å²) in [5.74, 6) is 0.963. The first kappa shape index (κ1) is 20.0. The quantitative estimate of drug-likeness (QED) is 0.615. The Kier molecular flexibility index (Phi) is 7.39. The molecule has 0 N–H and O–H groups in total. The van der Waals surface area contributed by atoms with Gasteiger partial charge in [0.1, 0.15) is 5.75 Å². The molecule has 1 aliphatic carbocycles. The van der Waals surface area contributed by atoms with Crippen molar-refractivity contribution in [3.63, 3.8) is 0 Å². The number of unbranched alkanes of at least 4 members (excludes halogenated alkanes) is 1. The predicted molar refractivity (Wildman–Crippen MR) is 107 cm³/mol. The van der Waals surface area contributed by atoms with Crippen molar-refractivity contribution in [1.29, 1.82) is 0 Å². The minimum atomic E-state index is -0.135. The van der Waals surface area contributed by atoms with Gasteiger partial charge in [-0.3, -0.25) is 0 Å². The Morgan fingerprint density at radius 3 is 2.93 bits per heavy atom. The summed E-state index contributed by atoms with van der Waals surface area (Å²) in [5, 5.41) is 0. The van der Waals surface area contributed by atoms with Gasteiger partial charge in [-0.25, -0.2) is 4.79 Å². The molecule has 0 radical (unpaired) electrons. The number of nitrogens with zero attached hydrogens (tertiary/aromatic N) is 2. The Morgan fingerprint density at radius 2 is 2.15 bits per heavy atom. The maximum atomic E-state index is 11.7. The van der Waals surface area contributed by atoms with Crippen LogP contribution in [0, 0.1) is 0 Å². The molecule has 2 aliphatic rings. The number of ether oxygens (including phenoxy) is 2. The van der Waals surface area contributed by atoms with Crippen molar-refractivity contribution in [3.05, 3.63) is 29.3 Å². The predicted octanol–water partition coefficient (Wildman–Crippen LogP) is 3.89. The minimum Gasteiger partial charge on any atom is -0.497 e. The molecule has 1 saturated heterocycles. The van der Waals surface area contributed by atoms with Gasteiger partial charge in [-0.15, -0.1) is 0 Å². The van der Waals surface area contributed by atoms with Crippen molar-refractivity contribution in [1.82, 2.24) is 9.80 Å². The third-order valence-corrected chi connectivity index (χ3v) is 5.82. The van der Waals surface area contributed by atoms with Crippen LogP contribution in [0.4, 0.5) is 4.79 Å². The lowest BCUT2D eigenvalue weighted by atomic mass is 9.87. The fraction of sp³-hybridized carbons (Fsp3) is 0.682. The van der Waals surface area contributed by atoms with Crippen molar-refractivity contribution < 1.29 is 14.3 Å². The molecule has 0 aromatic heterocycles. The molecule has 1 unspecified atom stereocenters. The van der Waals surface area contributed by atoms with Crippen LogP contribution in [0.2, 0.25) is 0 Å². The molecule has 0 spiro atoms. The summed E-state index contributed by atoms with van der Waals surface area (Å²) in [6, 6.07) is 7.14. The lowest BCUT2D eigenvalue weighted by molar-refractivity contribution is 0.0715. The van der Waals surface area contributed by atoms with Gasteiger partial charge in [-0.2, -0.15) is 0 Å². The summed E-state index contributed by atoms with van der Waals surface area (Å²) in [5.41, 5.74) is 2.93. The Hall–Kier alpha value is -1.75. The SMILES string of the molecule is CCCN(CCCCN1CCCOC1=O)C1CCc2ccc(OC)cc2C1. The third kappa shape index (κ3) is 5.38. The van der Waals surface area contributed by atoms with Crippen LogP contribution in [-0.4, -0.2) is 61.8 Å². The number of cyclic esters (lactones) is 1. The van der Waals surface area contributed by atoms with Crippen LogP contribution in [-0.2, 0) is 17.6 Å². The topological polar surface area (TPSA) is 42.0 Å². The summed E-state index contributed by atoms with van der Waals surface area (Å²) in [4.78, 5) is 16.2. The molecule has 1 aliphatic heterocycles. The molecule has 1 aromatic carbocycles. The zero-order valence-electron chi connectivity index (χ0n) is 16.9. The van der Waals surface area contributed by atoms with E-state index < -0.39 is 0 Å². The molecule has 0 bridgehead atoms. The van der Waals surface area contributed by atoms with Crippen LogP contribution < -0.4 is 4.74 Å². The zero-order chi connectivity index (χ0) is 19.1. The molecule has 5 nitrogen and oxygen atoms in total. The maximum absolute atomic E-state index is 11.7. The number of fused-ring (bicyclic) bond motifs is 1. The molecule has 27 heavy (non-hydrogen) atoms. The average molecular weight is 375 g/mol. The molecule has 1 amide bonds. The minimum absolute atomic E-state index is 0.135. The van der Waals surface area contributed by atoms with Gasteiger partial charge >= 0.3 is 6.09 Å². The van der Waals surface area contributed by atoms with Crippen molar-refractivity contribution in [3.8, 4) is 5.75 Å². The molecule has 1 heterocycles. The van der Waals surface area contributed by atoms with Gasteiger partial charge in [0, 0.05) is 19.1 Å². The lowest BCUT2D eigenvalue weighted by Gasteiger charge is -2.35. The van der Waals surface area contributed by atoms with Gasteiger partial charge in [0.15, 0.2) is 0 Å². The van der Waals surface area contributed by atoms with Crippen molar-refractivity contribution in [2.45, 2.75) is 57.9 Å². The normalized spacial score (nSPS) is 19.7. The average Bonchev–Trinajstić information content (AvgIpc) is 2.70.